The molecule has 5 nitrogen and oxygen atoms in total. The average Bonchev–Trinajstić information content (AvgIpc) is 3.00. The van der Waals surface area contributed by atoms with Gasteiger partial charge in [0.2, 0.25) is 5.84 Å². The van der Waals surface area contributed by atoms with Crippen LogP contribution in [0, 0.1) is 0 Å². The molecule has 154 valence electrons. The van der Waals surface area contributed by atoms with Crippen molar-refractivity contribution in [2.45, 2.75) is 84.0 Å². The summed E-state index contributed by atoms with van der Waals surface area (Å²) >= 11 is 0. The molecule has 0 spiro atoms. The lowest BCUT2D eigenvalue weighted by Gasteiger charge is -2.30. The van der Waals surface area contributed by atoms with Gasteiger partial charge in [-0.1, -0.05) is 57.6 Å². The lowest BCUT2D eigenvalue weighted by molar-refractivity contribution is -0.778. The quantitative estimate of drug-likeness (QED) is 0.213. The molecule has 0 aromatic rings. The molecular formula is C22H40N3O2+. The SMILES string of the molecule is CCCCCCCCC/C=C/CCCCC1=NC=C[N+]1(CCN)CC(=O)O. The Labute approximate surface area is 165 Å². The number of nitrogens with two attached hydrogens (primary N) is 1. The van der Waals surface area contributed by atoms with E-state index in [1.165, 1.54) is 51.4 Å². The van der Waals surface area contributed by atoms with E-state index < -0.39 is 5.97 Å². The maximum atomic E-state index is 11.2. The normalized spacial score (nSPS) is 19.1. The molecule has 5 heteroatoms. The van der Waals surface area contributed by atoms with Gasteiger partial charge in [-0.05, 0) is 32.1 Å². The molecule has 0 aromatic heterocycles. The van der Waals surface area contributed by atoms with Gasteiger partial charge in [0.15, 0.2) is 6.54 Å². The molecule has 3 N–H and O–H groups in total. The largest absolute Gasteiger partial charge is 0.477 e. The second-order valence-corrected chi connectivity index (χ2v) is 7.57. The average molecular weight is 379 g/mol. The number of amidine groups is 1. The van der Waals surface area contributed by atoms with Gasteiger partial charge < -0.3 is 10.8 Å². The molecule has 0 aromatic carbocycles. The van der Waals surface area contributed by atoms with Crippen LogP contribution < -0.4 is 5.73 Å². The van der Waals surface area contributed by atoms with Crippen LogP contribution in [0.5, 0.6) is 0 Å². The van der Waals surface area contributed by atoms with E-state index in [4.69, 9.17) is 5.73 Å². The first-order valence-corrected chi connectivity index (χ1v) is 10.8. The van der Waals surface area contributed by atoms with E-state index in [2.05, 4.69) is 24.1 Å². The predicted octanol–water partition coefficient (Wildman–Crippen LogP) is 4.99. The molecule has 1 aliphatic heterocycles. The van der Waals surface area contributed by atoms with Crippen LogP contribution in [0.2, 0.25) is 0 Å². The van der Waals surface area contributed by atoms with E-state index in [0.29, 0.717) is 17.6 Å². The van der Waals surface area contributed by atoms with Gasteiger partial charge in [0.25, 0.3) is 0 Å². The van der Waals surface area contributed by atoms with E-state index in [1.807, 2.05) is 6.20 Å². The second kappa shape index (κ2) is 14.6. The number of carboxylic acid groups (broad SMARTS) is 1. The van der Waals surface area contributed by atoms with Gasteiger partial charge in [-0.3, -0.25) is 0 Å². The zero-order chi connectivity index (χ0) is 19.8. The fourth-order valence-electron chi connectivity index (χ4n) is 3.63. The molecule has 0 fully saturated rings. The van der Waals surface area contributed by atoms with E-state index in [-0.39, 0.29) is 6.54 Å². The van der Waals surface area contributed by atoms with Gasteiger partial charge >= 0.3 is 5.97 Å². The fraction of sp³-hybridized carbons (Fsp3) is 0.727. The standard InChI is InChI=1S/C22H39N3O2/c1-2-3-4-5-6-7-8-9-10-11-12-13-14-15-21-24-17-19-25(21,18-16-23)20-22(26)27/h10-11,17,19H,2-9,12-16,18,20,23H2,1H3/p+1/b11-10+. The van der Waals surface area contributed by atoms with Crippen LogP contribution >= 0.6 is 0 Å². The fourth-order valence-corrected chi connectivity index (χ4v) is 3.63. The number of unbranched alkanes of at least 4 members (excludes halogenated alkanes) is 9. The monoisotopic (exact) mass is 378 g/mol. The third-order valence-electron chi connectivity index (χ3n) is 5.20. The third-order valence-corrected chi connectivity index (χ3v) is 5.20. The Morgan fingerprint density at radius 2 is 1.70 bits per heavy atom. The van der Waals surface area contributed by atoms with E-state index in [9.17, 15) is 9.90 Å². The number of rotatable bonds is 17. The zero-order valence-corrected chi connectivity index (χ0v) is 17.2. The zero-order valence-electron chi connectivity index (χ0n) is 17.2. The topological polar surface area (TPSA) is 75.7 Å². The van der Waals surface area contributed by atoms with Gasteiger partial charge in [0.1, 0.15) is 12.7 Å². The molecule has 1 atom stereocenters. The molecule has 1 heterocycles. The second-order valence-electron chi connectivity index (χ2n) is 7.57. The van der Waals surface area contributed by atoms with Crippen molar-refractivity contribution in [3.8, 4) is 0 Å². The lowest BCUT2D eigenvalue weighted by atomic mass is 10.1. The number of hydrogen-bond donors (Lipinski definition) is 2. The van der Waals surface area contributed by atoms with E-state index >= 15 is 0 Å². The third kappa shape index (κ3) is 9.87. The first-order valence-electron chi connectivity index (χ1n) is 10.8. The molecule has 1 aliphatic rings. The highest BCUT2D eigenvalue weighted by atomic mass is 16.4. The molecule has 0 saturated heterocycles. The van der Waals surface area contributed by atoms with Crippen molar-refractivity contribution in [3.63, 3.8) is 0 Å². The Balaban J connectivity index is 2.12. The maximum absolute atomic E-state index is 11.2. The molecule has 0 bridgehead atoms. The van der Waals surface area contributed by atoms with Gasteiger partial charge in [-0.25, -0.2) is 14.3 Å². The minimum Gasteiger partial charge on any atom is -0.477 e. The van der Waals surface area contributed by atoms with Crippen LogP contribution in [0.4, 0.5) is 0 Å². The van der Waals surface area contributed by atoms with Gasteiger partial charge in [0, 0.05) is 13.0 Å². The molecule has 0 saturated carbocycles. The van der Waals surface area contributed by atoms with Gasteiger partial charge in [0.05, 0.1) is 6.20 Å². The molecule has 0 aliphatic carbocycles. The number of aliphatic carboxylic acids is 1. The number of allylic oxidation sites excluding steroid dienone is 2. The van der Waals surface area contributed by atoms with Crippen molar-refractivity contribution < 1.29 is 14.4 Å². The van der Waals surface area contributed by atoms with Crippen LogP contribution in [0.15, 0.2) is 29.5 Å². The Kier molecular flexibility index (Phi) is 12.7. The summed E-state index contributed by atoms with van der Waals surface area (Å²) in [4.78, 5) is 15.6. The van der Waals surface area contributed by atoms with Crippen LogP contribution in [-0.4, -0.2) is 41.0 Å². The lowest BCUT2D eigenvalue weighted by Crippen LogP contribution is -2.52. The first kappa shape index (κ1) is 23.6. The first-order chi connectivity index (χ1) is 13.1. The summed E-state index contributed by atoms with van der Waals surface area (Å²) < 4.78 is 0.292. The number of aliphatic imine (C=N–C) groups is 1. The number of nitrogens with zero attached hydrogens (tertiary/aromatic N) is 2. The highest BCUT2D eigenvalue weighted by Crippen LogP contribution is 2.20. The smallest absolute Gasteiger partial charge is 0.360 e. The maximum Gasteiger partial charge on any atom is 0.360 e. The number of carboxylic acids is 1. The molecule has 1 unspecified atom stereocenters. The number of quaternary nitrogens is 1. The van der Waals surface area contributed by atoms with Crippen molar-refractivity contribution in [1.29, 1.82) is 0 Å². The molecule has 0 radical (unpaired) electrons. The Morgan fingerprint density at radius 3 is 2.33 bits per heavy atom. The Hall–Kier alpha value is -1.46. The summed E-state index contributed by atoms with van der Waals surface area (Å²) in [6.45, 7) is 3.34. The molecule has 27 heavy (non-hydrogen) atoms. The molecular weight excluding hydrogens is 338 g/mol. The number of carbonyl (C=O) groups is 1. The van der Waals surface area contributed by atoms with E-state index in [1.54, 1.807) is 6.20 Å². The van der Waals surface area contributed by atoms with Crippen LogP contribution in [0.3, 0.4) is 0 Å². The van der Waals surface area contributed by atoms with Crippen LogP contribution in [0.1, 0.15) is 84.0 Å². The van der Waals surface area contributed by atoms with Crippen molar-refractivity contribution in [3.05, 3.63) is 24.6 Å². The minimum absolute atomic E-state index is 0.0326. The molecule has 0 amide bonds. The predicted molar refractivity (Wildman–Crippen MR) is 113 cm³/mol. The minimum atomic E-state index is -0.809. The van der Waals surface area contributed by atoms with E-state index in [0.717, 1.165) is 31.5 Å². The van der Waals surface area contributed by atoms with Gasteiger partial charge in [-0.15, -0.1) is 0 Å². The number of hydrogen-bond acceptors (Lipinski definition) is 3. The summed E-state index contributed by atoms with van der Waals surface area (Å²) in [5, 5.41) is 9.21. The van der Waals surface area contributed by atoms with Crippen molar-refractivity contribution >= 4 is 11.8 Å². The Morgan fingerprint density at radius 1 is 1.07 bits per heavy atom. The summed E-state index contributed by atoms with van der Waals surface area (Å²) in [5.74, 6) is 0.130. The highest BCUT2D eigenvalue weighted by molar-refractivity contribution is 5.81. The Bertz CT molecular complexity index is 500. The summed E-state index contributed by atoms with van der Waals surface area (Å²) in [5.41, 5.74) is 5.70. The van der Waals surface area contributed by atoms with Crippen molar-refractivity contribution in [2.75, 3.05) is 19.6 Å². The van der Waals surface area contributed by atoms with Gasteiger partial charge in [-0.2, -0.15) is 0 Å². The summed E-state index contributed by atoms with van der Waals surface area (Å²) in [7, 11) is 0. The van der Waals surface area contributed by atoms with Crippen LogP contribution in [0.25, 0.3) is 0 Å². The molecule has 1 rings (SSSR count). The summed E-state index contributed by atoms with van der Waals surface area (Å²) in [6, 6.07) is 0. The van der Waals surface area contributed by atoms with Crippen molar-refractivity contribution in [1.82, 2.24) is 0 Å². The summed E-state index contributed by atoms with van der Waals surface area (Å²) in [6.07, 6.45) is 23.0. The highest BCUT2D eigenvalue weighted by Gasteiger charge is 2.36. The van der Waals surface area contributed by atoms with Crippen LogP contribution in [-0.2, 0) is 4.79 Å². The van der Waals surface area contributed by atoms with Crippen molar-refractivity contribution in [2.24, 2.45) is 10.7 Å².